The van der Waals surface area contributed by atoms with Gasteiger partial charge in [0.15, 0.2) is 0 Å². The summed E-state index contributed by atoms with van der Waals surface area (Å²) in [6.07, 6.45) is 1.67. The van der Waals surface area contributed by atoms with Gasteiger partial charge in [0.05, 0.1) is 11.2 Å². The molecule has 3 rings (SSSR count). The zero-order chi connectivity index (χ0) is 18.7. The Morgan fingerprint density at radius 2 is 1.46 bits per heavy atom. The first-order valence-electron chi connectivity index (χ1n) is 8.42. The van der Waals surface area contributed by atoms with Crippen LogP contribution in [0.2, 0.25) is 0 Å². The van der Waals surface area contributed by atoms with Crippen molar-refractivity contribution in [1.82, 2.24) is 4.98 Å². The molecular formula is C21H21N3O2. The van der Waals surface area contributed by atoms with Gasteiger partial charge < -0.3 is 10.6 Å². The summed E-state index contributed by atoms with van der Waals surface area (Å²) in [5, 5.41) is 6.61. The zero-order valence-electron chi connectivity index (χ0n) is 15.0. The quantitative estimate of drug-likeness (QED) is 0.697. The van der Waals surface area contributed by atoms with Gasteiger partial charge in [-0.05, 0) is 44.5 Å². The minimum Gasteiger partial charge on any atom is -0.325 e. The molecule has 0 spiro atoms. The fourth-order valence-corrected chi connectivity index (χ4v) is 2.58. The Morgan fingerprint density at radius 1 is 0.846 bits per heavy atom. The Morgan fingerprint density at radius 3 is 2.19 bits per heavy atom. The SMILES string of the molecule is Cc1ccccc1NC(=O)C(C)(C)C(=O)Nc1cccc2cccnc12. The molecule has 0 atom stereocenters. The molecule has 2 aromatic carbocycles. The highest BCUT2D eigenvalue weighted by Gasteiger charge is 2.36. The van der Waals surface area contributed by atoms with Crippen LogP contribution in [0.5, 0.6) is 0 Å². The molecular weight excluding hydrogens is 326 g/mol. The normalized spacial score (nSPS) is 11.2. The summed E-state index contributed by atoms with van der Waals surface area (Å²) < 4.78 is 0. The van der Waals surface area contributed by atoms with E-state index in [9.17, 15) is 9.59 Å². The van der Waals surface area contributed by atoms with Crippen molar-refractivity contribution >= 4 is 34.1 Å². The number of anilines is 2. The Balaban J connectivity index is 1.81. The number of rotatable bonds is 4. The van der Waals surface area contributed by atoms with Crippen molar-refractivity contribution in [2.45, 2.75) is 20.8 Å². The number of nitrogens with zero attached hydrogens (tertiary/aromatic N) is 1. The number of hydrogen-bond donors (Lipinski definition) is 2. The topological polar surface area (TPSA) is 71.1 Å². The molecule has 132 valence electrons. The van der Waals surface area contributed by atoms with Crippen LogP contribution in [-0.2, 0) is 9.59 Å². The number of hydrogen-bond acceptors (Lipinski definition) is 3. The van der Waals surface area contributed by atoms with Crippen LogP contribution >= 0.6 is 0 Å². The van der Waals surface area contributed by atoms with Gasteiger partial charge in [0, 0.05) is 17.3 Å². The first-order chi connectivity index (χ1) is 12.4. The van der Waals surface area contributed by atoms with Gasteiger partial charge in [0.2, 0.25) is 11.8 Å². The first-order valence-corrected chi connectivity index (χ1v) is 8.42. The number of aromatic nitrogens is 1. The monoisotopic (exact) mass is 347 g/mol. The Labute approximate surface area is 152 Å². The van der Waals surface area contributed by atoms with Gasteiger partial charge in [-0.2, -0.15) is 0 Å². The van der Waals surface area contributed by atoms with E-state index in [1.807, 2.05) is 55.5 Å². The second-order valence-electron chi connectivity index (χ2n) is 6.73. The number of aryl methyl sites for hydroxylation is 1. The zero-order valence-corrected chi connectivity index (χ0v) is 15.0. The van der Waals surface area contributed by atoms with Crippen molar-refractivity contribution in [1.29, 1.82) is 0 Å². The molecule has 0 aliphatic carbocycles. The molecule has 26 heavy (non-hydrogen) atoms. The molecule has 0 fully saturated rings. The maximum Gasteiger partial charge on any atom is 0.239 e. The van der Waals surface area contributed by atoms with E-state index in [4.69, 9.17) is 0 Å². The number of carbonyl (C=O) groups excluding carboxylic acids is 2. The second kappa shape index (κ2) is 6.96. The fourth-order valence-electron chi connectivity index (χ4n) is 2.58. The summed E-state index contributed by atoms with van der Waals surface area (Å²) >= 11 is 0. The van der Waals surface area contributed by atoms with Crippen molar-refractivity contribution in [3.05, 3.63) is 66.4 Å². The van der Waals surface area contributed by atoms with Gasteiger partial charge in [-0.15, -0.1) is 0 Å². The van der Waals surface area contributed by atoms with Crippen molar-refractivity contribution in [2.24, 2.45) is 5.41 Å². The molecule has 2 amide bonds. The smallest absolute Gasteiger partial charge is 0.239 e. The third kappa shape index (κ3) is 3.42. The van der Waals surface area contributed by atoms with Gasteiger partial charge in [-0.3, -0.25) is 14.6 Å². The van der Waals surface area contributed by atoms with Gasteiger partial charge in [0.1, 0.15) is 5.41 Å². The Kier molecular flexibility index (Phi) is 4.71. The maximum absolute atomic E-state index is 12.8. The predicted octanol–water partition coefficient (Wildman–Crippen LogP) is 4.15. The lowest BCUT2D eigenvalue weighted by Crippen LogP contribution is -2.41. The molecule has 0 aliphatic heterocycles. The van der Waals surface area contributed by atoms with Gasteiger partial charge >= 0.3 is 0 Å². The van der Waals surface area contributed by atoms with E-state index >= 15 is 0 Å². The van der Waals surface area contributed by atoms with Gasteiger partial charge in [0.25, 0.3) is 0 Å². The van der Waals surface area contributed by atoms with Crippen LogP contribution in [0.25, 0.3) is 10.9 Å². The molecule has 0 unspecified atom stereocenters. The number of amides is 2. The standard InChI is InChI=1S/C21H21N3O2/c1-14-8-4-5-11-16(14)23-19(25)21(2,3)20(26)24-17-12-6-9-15-10-7-13-22-18(15)17/h4-13H,1-3H3,(H,23,25)(H,24,26). The highest BCUT2D eigenvalue weighted by atomic mass is 16.2. The predicted molar refractivity (Wildman–Crippen MR) is 104 cm³/mol. The van der Waals surface area contributed by atoms with E-state index in [1.54, 1.807) is 26.1 Å². The lowest BCUT2D eigenvalue weighted by Gasteiger charge is -2.23. The molecule has 0 saturated carbocycles. The molecule has 0 bridgehead atoms. The molecule has 0 aliphatic rings. The first kappa shape index (κ1) is 17.6. The maximum atomic E-state index is 12.8. The molecule has 5 nitrogen and oxygen atoms in total. The average Bonchev–Trinajstić information content (AvgIpc) is 2.63. The summed E-state index contributed by atoms with van der Waals surface area (Å²) in [6.45, 7) is 5.12. The summed E-state index contributed by atoms with van der Waals surface area (Å²) in [6, 6.07) is 16.8. The Hall–Kier alpha value is -3.21. The molecule has 3 aromatic rings. The molecule has 0 radical (unpaired) electrons. The summed E-state index contributed by atoms with van der Waals surface area (Å²) in [5.41, 5.74) is 1.67. The number of benzene rings is 2. The third-order valence-electron chi connectivity index (χ3n) is 4.41. The number of pyridine rings is 1. The van der Waals surface area contributed by atoms with E-state index in [2.05, 4.69) is 15.6 Å². The number of para-hydroxylation sites is 2. The van der Waals surface area contributed by atoms with Gasteiger partial charge in [-0.25, -0.2) is 0 Å². The number of fused-ring (bicyclic) bond motifs is 1. The summed E-state index contributed by atoms with van der Waals surface area (Å²) in [4.78, 5) is 29.8. The minimum atomic E-state index is -1.25. The lowest BCUT2D eigenvalue weighted by molar-refractivity contribution is -0.135. The van der Waals surface area contributed by atoms with E-state index in [0.717, 1.165) is 10.9 Å². The van der Waals surface area contributed by atoms with Crippen LogP contribution in [0, 0.1) is 12.3 Å². The molecule has 5 heteroatoms. The van der Waals surface area contributed by atoms with Gasteiger partial charge in [-0.1, -0.05) is 36.4 Å². The van der Waals surface area contributed by atoms with Crippen molar-refractivity contribution < 1.29 is 9.59 Å². The third-order valence-corrected chi connectivity index (χ3v) is 4.41. The fraction of sp³-hybridized carbons (Fsp3) is 0.190. The summed E-state index contributed by atoms with van der Waals surface area (Å²) in [7, 11) is 0. The van der Waals surface area contributed by atoms with Crippen LogP contribution in [0.4, 0.5) is 11.4 Å². The Bertz CT molecular complexity index is 974. The largest absolute Gasteiger partial charge is 0.325 e. The lowest BCUT2D eigenvalue weighted by atomic mass is 9.90. The van der Waals surface area contributed by atoms with E-state index in [0.29, 0.717) is 16.9 Å². The van der Waals surface area contributed by atoms with Crippen molar-refractivity contribution in [3.63, 3.8) is 0 Å². The van der Waals surface area contributed by atoms with E-state index in [1.165, 1.54) is 0 Å². The van der Waals surface area contributed by atoms with E-state index < -0.39 is 5.41 Å². The van der Waals surface area contributed by atoms with Crippen LogP contribution < -0.4 is 10.6 Å². The highest BCUT2D eigenvalue weighted by molar-refractivity contribution is 6.15. The highest BCUT2D eigenvalue weighted by Crippen LogP contribution is 2.26. The number of carbonyl (C=O) groups is 2. The minimum absolute atomic E-state index is 0.363. The van der Waals surface area contributed by atoms with Crippen LogP contribution in [0.3, 0.4) is 0 Å². The van der Waals surface area contributed by atoms with E-state index in [-0.39, 0.29) is 11.8 Å². The molecule has 1 heterocycles. The second-order valence-corrected chi connectivity index (χ2v) is 6.73. The molecule has 2 N–H and O–H groups in total. The van der Waals surface area contributed by atoms with Crippen molar-refractivity contribution in [2.75, 3.05) is 10.6 Å². The van der Waals surface area contributed by atoms with Crippen LogP contribution in [0.1, 0.15) is 19.4 Å². The summed E-state index contributed by atoms with van der Waals surface area (Å²) in [5.74, 6) is -0.751. The molecule has 1 aromatic heterocycles. The molecule has 0 saturated heterocycles. The average molecular weight is 347 g/mol. The number of nitrogens with one attached hydrogen (secondary N) is 2. The van der Waals surface area contributed by atoms with Crippen LogP contribution in [0.15, 0.2) is 60.8 Å². The van der Waals surface area contributed by atoms with Crippen LogP contribution in [-0.4, -0.2) is 16.8 Å². The van der Waals surface area contributed by atoms with Crippen molar-refractivity contribution in [3.8, 4) is 0 Å².